The molecule has 0 aliphatic heterocycles. The molecule has 1 heterocycles. The quantitative estimate of drug-likeness (QED) is 0.460. The molecule has 0 aliphatic carbocycles. The number of aryl methyl sites for hydroxylation is 2. The fourth-order valence-electron chi connectivity index (χ4n) is 3.15. The van der Waals surface area contributed by atoms with E-state index in [1.54, 1.807) is 13.8 Å². The minimum Gasteiger partial charge on any atom is -0.459 e. The fraction of sp³-hybridized carbons (Fsp3) is 0.238. The molecule has 1 unspecified atom stereocenters. The molecule has 2 aromatic carbocycles. The van der Waals surface area contributed by atoms with Gasteiger partial charge in [0.15, 0.2) is 0 Å². The van der Waals surface area contributed by atoms with Crippen LogP contribution in [0.5, 0.6) is 0 Å². The first-order valence-corrected chi connectivity index (χ1v) is 8.95. The highest BCUT2D eigenvalue weighted by Crippen LogP contribution is 2.33. The monoisotopic (exact) mass is 422 g/mol. The van der Waals surface area contributed by atoms with Gasteiger partial charge in [0.1, 0.15) is 17.2 Å². The molecule has 0 saturated carbocycles. The molecule has 3 aromatic rings. The summed E-state index contributed by atoms with van der Waals surface area (Å²) in [5, 5.41) is 5.12. The van der Waals surface area contributed by atoms with Gasteiger partial charge in [0.25, 0.3) is 0 Å². The van der Waals surface area contributed by atoms with Gasteiger partial charge in [-0.1, -0.05) is 6.07 Å². The number of nitrogens with one attached hydrogen (secondary N) is 2. The number of amides is 2. The van der Waals surface area contributed by atoms with Crippen LogP contribution in [0.4, 0.5) is 23.2 Å². The number of carbonyl (C=O) groups excluding carboxylic acids is 2. The van der Waals surface area contributed by atoms with Gasteiger partial charge in [-0.3, -0.25) is 9.59 Å². The molecule has 0 spiro atoms. The van der Waals surface area contributed by atoms with Crippen molar-refractivity contribution in [3.8, 4) is 0 Å². The lowest BCUT2D eigenvalue weighted by atomic mass is 10.1. The largest absolute Gasteiger partial charge is 0.459 e. The third kappa shape index (κ3) is 4.29. The third-order valence-electron chi connectivity index (χ3n) is 4.68. The highest BCUT2D eigenvalue weighted by atomic mass is 19.4. The van der Waals surface area contributed by atoms with Gasteiger partial charge in [-0.25, -0.2) is 4.39 Å². The molecule has 1 atom stereocenters. The van der Waals surface area contributed by atoms with E-state index in [1.165, 1.54) is 37.3 Å². The molecule has 9 heteroatoms. The molecule has 1 aromatic heterocycles. The van der Waals surface area contributed by atoms with Crippen LogP contribution in [-0.2, 0) is 15.8 Å². The van der Waals surface area contributed by atoms with Crippen LogP contribution in [0.3, 0.4) is 0 Å². The van der Waals surface area contributed by atoms with Crippen molar-refractivity contribution in [1.82, 2.24) is 5.32 Å². The predicted molar refractivity (Wildman–Crippen MR) is 102 cm³/mol. The molecule has 2 N–H and O–H groups in total. The molecule has 0 fully saturated rings. The van der Waals surface area contributed by atoms with E-state index >= 15 is 0 Å². The van der Waals surface area contributed by atoms with Gasteiger partial charge in [-0.05, 0) is 56.7 Å². The molecule has 0 aliphatic rings. The summed E-state index contributed by atoms with van der Waals surface area (Å²) >= 11 is 0. The zero-order valence-electron chi connectivity index (χ0n) is 16.3. The highest BCUT2D eigenvalue weighted by molar-refractivity contribution is 6.39. The Morgan fingerprint density at radius 3 is 2.40 bits per heavy atom. The van der Waals surface area contributed by atoms with E-state index in [4.69, 9.17) is 4.42 Å². The number of anilines is 1. The van der Waals surface area contributed by atoms with Crippen LogP contribution in [-0.4, -0.2) is 11.8 Å². The lowest BCUT2D eigenvalue weighted by molar-refractivity contribution is -0.138. The van der Waals surface area contributed by atoms with E-state index in [9.17, 15) is 27.2 Å². The number of rotatable bonds is 3. The van der Waals surface area contributed by atoms with Gasteiger partial charge in [0, 0.05) is 16.6 Å². The average molecular weight is 422 g/mol. The van der Waals surface area contributed by atoms with Crippen molar-refractivity contribution in [2.45, 2.75) is 33.0 Å². The Morgan fingerprint density at radius 1 is 1.03 bits per heavy atom. The second kappa shape index (κ2) is 7.81. The minimum absolute atomic E-state index is 0.00429. The maximum Gasteiger partial charge on any atom is 0.416 e. The Kier molecular flexibility index (Phi) is 5.56. The van der Waals surface area contributed by atoms with Crippen molar-refractivity contribution in [1.29, 1.82) is 0 Å². The number of hydrogen-bond acceptors (Lipinski definition) is 3. The molecule has 0 bridgehead atoms. The van der Waals surface area contributed by atoms with Crippen molar-refractivity contribution in [3.05, 3.63) is 64.7 Å². The zero-order valence-corrected chi connectivity index (χ0v) is 16.3. The van der Waals surface area contributed by atoms with Gasteiger partial charge in [-0.2, -0.15) is 13.2 Å². The van der Waals surface area contributed by atoms with Crippen molar-refractivity contribution < 1.29 is 31.6 Å². The maximum atomic E-state index is 13.4. The van der Waals surface area contributed by atoms with Crippen LogP contribution in [0.15, 0.2) is 40.8 Å². The number of halogens is 4. The SMILES string of the molecule is Cc1ccc(NC(=O)C(=O)NC(C)c2oc3ccc(F)cc3c2C)cc1C(F)(F)F. The molecule has 30 heavy (non-hydrogen) atoms. The smallest absolute Gasteiger partial charge is 0.416 e. The molecule has 158 valence electrons. The van der Waals surface area contributed by atoms with Crippen LogP contribution < -0.4 is 10.6 Å². The summed E-state index contributed by atoms with van der Waals surface area (Å²) in [6.07, 6.45) is -4.58. The number of benzene rings is 2. The molecule has 3 rings (SSSR count). The van der Waals surface area contributed by atoms with E-state index in [2.05, 4.69) is 10.6 Å². The van der Waals surface area contributed by atoms with Gasteiger partial charge < -0.3 is 15.1 Å². The van der Waals surface area contributed by atoms with Gasteiger partial charge in [0.05, 0.1) is 11.6 Å². The molecule has 5 nitrogen and oxygen atoms in total. The van der Waals surface area contributed by atoms with Gasteiger partial charge in [-0.15, -0.1) is 0 Å². The number of fused-ring (bicyclic) bond motifs is 1. The molecular formula is C21H18F4N2O3. The second-order valence-corrected chi connectivity index (χ2v) is 6.91. The lowest BCUT2D eigenvalue weighted by Gasteiger charge is -2.14. The van der Waals surface area contributed by atoms with E-state index < -0.39 is 35.4 Å². The fourth-order valence-corrected chi connectivity index (χ4v) is 3.15. The van der Waals surface area contributed by atoms with Crippen LogP contribution in [0.2, 0.25) is 0 Å². The zero-order chi connectivity index (χ0) is 22.2. The Balaban J connectivity index is 1.73. The maximum absolute atomic E-state index is 13.4. The molecule has 2 amide bonds. The minimum atomic E-state index is -4.58. The predicted octanol–water partition coefficient (Wildman–Crippen LogP) is 5.02. The Labute approximate surface area is 169 Å². The normalized spacial score (nSPS) is 12.6. The number of carbonyl (C=O) groups is 2. The van der Waals surface area contributed by atoms with Crippen molar-refractivity contribution in [2.24, 2.45) is 0 Å². The standard InChI is InChI=1S/C21H18F4N2O3/c1-10-4-6-14(9-16(10)21(23,24)25)27-20(29)19(28)26-12(3)18-11(2)15-8-13(22)5-7-17(15)30-18/h4-9,12H,1-3H3,(H,26,28)(H,27,29). The first kappa shape index (κ1) is 21.4. The number of furan rings is 1. The van der Waals surface area contributed by atoms with Crippen LogP contribution in [0.25, 0.3) is 11.0 Å². The van der Waals surface area contributed by atoms with Crippen LogP contribution in [0.1, 0.15) is 35.4 Å². The molecular weight excluding hydrogens is 404 g/mol. The summed E-state index contributed by atoms with van der Waals surface area (Å²) in [6.45, 7) is 4.55. The summed E-state index contributed by atoms with van der Waals surface area (Å²) in [5.41, 5.74) is -0.0365. The second-order valence-electron chi connectivity index (χ2n) is 6.91. The number of alkyl halides is 3. The summed E-state index contributed by atoms with van der Waals surface area (Å²) in [6, 6.07) is 6.51. The topological polar surface area (TPSA) is 71.3 Å². The summed E-state index contributed by atoms with van der Waals surface area (Å²) in [7, 11) is 0. The van der Waals surface area contributed by atoms with Crippen LogP contribution in [0, 0.1) is 19.7 Å². The van der Waals surface area contributed by atoms with E-state index in [0.717, 1.165) is 6.07 Å². The Bertz CT molecular complexity index is 1140. The number of hydrogen-bond donors (Lipinski definition) is 2. The third-order valence-corrected chi connectivity index (χ3v) is 4.68. The molecule has 0 radical (unpaired) electrons. The summed E-state index contributed by atoms with van der Waals surface area (Å²) in [5.74, 6) is -2.28. The highest BCUT2D eigenvalue weighted by Gasteiger charge is 2.32. The van der Waals surface area contributed by atoms with Crippen molar-refractivity contribution in [3.63, 3.8) is 0 Å². The van der Waals surface area contributed by atoms with Crippen molar-refractivity contribution >= 4 is 28.5 Å². The van der Waals surface area contributed by atoms with Crippen molar-refractivity contribution in [2.75, 3.05) is 5.32 Å². The Hall–Kier alpha value is -3.36. The van der Waals surface area contributed by atoms with E-state index in [0.29, 0.717) is 22.3 Å². The lowest BCUT2D eigenvalue weighted by Crippen LogP contribution is -2.37. The summed E-state index contributed by atoms with van der Waals surface area (Å²) < 4.78 is 58.1. The van der Waals surface area contributed by atoms with Gasteiger partial charge >= 0.3 is 18.0 Å². The Morgan fingerprint density at radius 2 is 1.73 bits per heavy atom. The van der Waals surface area contributed by atoms with Crippen LogP contribution >= 0.6 is 0 Å². The first-order valence-electron chi connectivity index (χ1n) is 8.95. The summed E-state index contributed by atoms with van der Waals surface area (Å²) in [4.78, 5) is 24.4. The molecule has 0 saturated heterocycles. The first-order chi connectivity index (χ1) is 14.0. The van der Waals surface area contributed by atoms with E-state index in [-0.39, 0.29) is 11.3 Å². The van der Waals surface area contributed by atoms with E-state index in [1.807, 2.05) is 0 Å². The average Bonchev–Trinajstić information content (AvgIpc) is 2.98. The van der Waals surface area contributed by atoms with Gasteiger partial charge in [0.2, 0.25) is 0 Å².